The molecule has 1 heterocycles. The predicted molar refractivity (Wildman–Crippen MR) is 73.9 cm³/mol. The lowest BCUT2D eigenvalue weighted by Gasteiger charge is -2.28. The summed E-state index contributed by atoms with van der Waals surface area (Å²) >= 11 is 0. The zero-order valence-corrected chi connectivity index (χ0v) is 11.1. The molecule has 0 bridgehead atoms. The number of hydrogen-bond donors (Lipinski definition) is 1. The third-order valence-corrected chi connectivity index (χ3v) is 3.88. The highest BCUT2D eigenvalue weighted by molar-refractivity contribution is 5.59. The number of halogens is 2. The van der Waals surface area contributed by atoms with Crippen LogP contribution in [0.4, 0.5) is 14.5 Å². The zero-order valence-electron chi connectivity index (χ0n) is 11.1. The van der Waals surface area contributed by atoms with E-state index in [2.05, 4.69) is 0 Å². The molecule has 0 spiro atoms. The molecule has 1 atom stereocenters. The Kier molecular flexibility index (Phi) is 3.08. The van der Waals surface area contributed by atoms with Gasteiger partial charge in [0.05, 0.1) is 6.04 Å². The van der Waals surface area contributed by atoms with E-state index < -0.39 is 5.82 Å². The lowest BCUT2D eigenvalue weighted by atomic mass is 10.1. The van der Waals surface area contributed by atoms with E-state index in [4.69, 9.17) is 0 Å². The van der Waals surface area contributed by atoms with E-state index in [0.717, 1.165) is 30.3 Å². The Bertz CT molecular complexity index is 657. The van der Waals surface area contributed by atoms with Gasteiger partial charge in [0.15, 0.2) is 0 Å². The molecule has 1 aliphatic heterocycles. The van der Waals surface area contributed by atoms with Gasteiger partial charge in [-0.15, -0.1) is 0 Å². The molecule has 2 aromatic rings. The van der Waals surface area contributed by atoms with Gasteiger partial charge >= 0.3 is 0 Å². The number of phenols is 1. The fourth-order valence-corrected chi connectivity index (χ4v) is 2.80. The summed E-state index contributed by atoms with van der Waals surface area (Å²) in [7, 11) is 0. The molecule has 20 heavy (non-hydrogen) atoms. The van der Waals surface area contributed by atoms with Crippen LogP contribution in [-0.4, -0.2) is 11.7 Å². The van der Waals surface area contributed by atoms with E-state index in [1.54, 1.807) is 12.1 Å². The molecule has 1 unspecified atom stereocenters. The number of anilines is 1. The van der Waals surface area contributed by atoms with Crippen LogP contribution in [0, 0.1) is 11.6 Å². The molecule has 0 saturated heterocycles. The Morgan fingerprint density at radius 1 is 1.15 bits per heavy atom. The average molecular weight is 275 g/mol. The lowest BCUT2D eigenvalue weighted by molar-refractivity contribution is 0.466. The van der Waals surface area contributed by atoms with Crippen molar-refractivity contribution < 1.29 is 13.9 Å². The SMILES string of the molecule is CC(c1ccc(O)cc1F)N1CCc2ccc(F)cc21. The molecule has 3 rings (SSSR count). The van der Waals surface area contributed by atoms with Crippen molar-refractivity contribution in [3.63, 3.8) is 0 Å². The number of phenolic OH excluding ortho intramolecular Hbond substituents is 1. The Morgan fingerprint density at radius 3 is 2.70 bits per heavy atom. The van der Waals surface area contributed by atoms with Gasteiger partial charge in [0.25, 0.3) is 0 Å². The molecule has 0 fully saturated rings. The third kappa shape index (κ3) is 2.11. The Hall–Kier alpha value is -2.10. The molecule has 0 aliphatic carbocycles. The molecule has 1 aliphatic rings. The lowest BCUT2D eigenvalue weighted by Crippen LogP contribution is -2.25. The van der Waals surface area contributed by atoms with Crippen LogP contribution in [0.2, 0.25) is 0 Å². The standard InChI is InChI=1S/C16H15F2NO/c1-10(14-5-4-13(20)9-15(14)18)19-7-6-11-2-3-12(17)8-16(11)19/h2-5,8-10,20H,6-7H2,1H3. The van der Waals surface area contributed by atoms with Gasteiger partial charge < -0.3 is 10.0 Å². The van der Waals surface area contributed by atoms with E-state index in [-0.39, 0.29) is 17.6 Å². The van der Waals surface area contributed by atoms with Crippen LogP contribution in [0.3, 0.4) is 0 Å². The monoisotopic (exact) mass is 275 g/mol. The van der Waals surface area contributed by atoms with E-state index >= 15 is 0 Å². The van der Waals surface area contributed by atoms with E-state index in [1.165, 1.54) is 18.2 Å². The molecule has 0 amide bonds. The van der Waals surface area contributed by atoms with Crippen LogP contribution in [0.15, 0.2) is 36.4 Å². The van der Waals surface area contributed by atoms with Crippen molar-refractivity contribution in [2.24, 2.45) is 0 Å². The van der Waals surface area contributed by atoms with Gasteiger partial charge in [0.2, 0.25) is 0 Å². The molecule has 2 aromatic carbocycles. The minimum absolute atomic E-state index is 0.0914. The van der Waals surface area contributed by atoms with Crippen LogP contribution in [-0.2, 0) is 6.42 Å². The van der Waals surface area contributed by atoms with Gasteiger partial charge in [-0.1, -0.05) is 12.1 Å². The maximum Gasteiger partial charge on any atom is 0.132 e. The Balaban J connectivity index is 1.97. The first-order chi connectivity index (χ1) is 9.56. The molecule has 4 heteroatoms. The van der Waals surface area contributed by atoms with Crippen molar-refractivity contribution in [1.29, 1.82) is 0 Å². The molecular formula is C16H15F2NO. The summed E-state index contributed by atoms with van der Waals surface area (Å²) in [6.45, 7) is 2.62. The Morgan fingerprint density at radius 2 is 1.95 bits per heavy atom. The summed E-state index contributed by atoms with van der Waals surface area (Å²) in [6, 6.07) is 8.67. The molecule has 2 nitrogen and oxygen atoms in total. The van der Waals surface area contributed by atoms with Crippen LogP contribution in [0.25, 0.3) is 0 Å². The first kappa shape index (κ1) is 12.9. The van der Waals surface area contributed by atoms with Gasteiger partial charge in [-0.25, -0.2) is 8.78 Å². The predicted octanol–water partition coefficient (Wildman–Crippen LogP) is 3.79. The second-order valence-corrected chi connectivity index (χ2v) is 5.10. The number of rotatable bonds is 2. The fraction of sp³-hybridized carbons (Fsp3) is 0.250. The highest BCUT2D eigenvalue weighted by Gasteiger charge is 2.26. The van der Waals surface area contributed by atoms with Crippen molar-refractivity contribution in [3.8, 4) is 5.75 Å². The molecule has 0 radical (unpaired) electrons. The molecule has 1 N–H and O–H groups in total. The number of benzene rings is 2. The third-order valence-electron chi connectivity index (χ3n) is 3.88. The van der Waals surface area contributed by atoms with E-state index in [9.17, 15) is 13.9 Å². The smallest absolute Gasteiger partial charge is 0.132 e. The van der Waals surface area contributed by atoms with Gasteiger partial charge in [-0.3, -0.25) is 0 Å². The van der Waals surface area contributed by atoms with Crippen molar-refractivity contribution in [1.82, 2.24) is 0 Å². The summed E-state index contributed by atoms with van der Waals surface area (Å²) in [5.41, 5.74) is 2.40. The van der Waals surface area contributed by atoms with Crippen molar-refractivity contribution >= 4 is 5.69 Å². The maximum atomic E-state index is 13.9. The van der Waals surface area contributed by atoms with Crippen LogP contribution in [0.1, 0.15) is 24.1 Å². The number of aromatic hydroxyl groups is 1. The van der Waals surface area contributed by atoms with Gasteiger partial charge in [0, 0.05) is 23.9 Å². The largest absolute Gasteiger partial charge is 0.508 e. The fourth-order valence-electron chi connectivity index (χ4n) is 2.80. The highest BCUT2D eigenvalue weighted by Crippen LogP contribution is 2.36. The van der Waals surface area contributed by atoms with Crippen molar-refractivity contribution in [2.75, 3.05) is 11.4 Å². The van der Waals surface area contributed by atoms with Crippen LogP contribution >= 0.6 is 0 Å². The summed E-state index contributed by atoms with van der Waals surface area (Å²) in [4.78, 5) is 1.99. The number of hydrogen-bond acceptors (Lipinski definition) is 2. The summed E-state index contributed by atoms with van der Waals surface area (Å²) in [5.74, 6) is -0.817. The number of fused-ring (bicyclic) bond motifs is 1. The van der Waals surface area contributed by atoms with Crippen molar-refractivity contribution in [2.45, 2.75) is 19.4 Å². The van der Waals surface area contributed by atoms with E-state index in [1.807, 2.05) is 11.8 Å². The average Bonchev–Trinajstić information content (AvgIpc) is 2.81. The molecule has 104 valence electrons. The Labute approximate surface area is 116 Å². The summed E-state index contributed by atoms with van der Waals surface area (Å²) < 4.78 is 27.3. The van der Waals surface area contributed by atoms with Gasteiger partial charge in [-0.05, 0) is 37.1 Å². The normalized spacial score (nSPS) is 15.2. The van der Waals surface area contributed by atoms with Crippen LogP contribution in [0.5, 0.6) is 5.75 Å². The second kappa shape index (κ2) is 4.78. The topological polar surface area (TPSA) is 23.5 Å². The summed E-state index contributed by atoms with van der Waals surface area (Å²) in [5, 5.41) is 9.28. The molecule has 0 aromatic heterocycles. The minimum Gasteiger partial charge on any atom is -0.508 e. The quantitative estimate of drug-likeness (QED) is 0.901. The minimum atomic E-state index is -0.442. The second-order valence-electron chi connectivity index (χ2n) is 5.10. The first-order valence-electron chi connectivity index (χ1n) is 6.60. The van der Waals surface area contributed by atoms with Gasteiger partial charge in [0.1, 0.15) is 17.4 Å². The molecular weight excluding hydrogens is 260 g/mol. The van der Waals surface area contributed by atoms with Crippen molar-refractivity contribution in [3.05, 3.63) is 59.2 Å². The summed E-state index contributed by atoms with van der Waals surface area (Å²) in [6.07, 6.45) is 0.833. The highest BCUT2D eigenvalue weighted by atomic mass is 19.1. The van der Waals surface area contributed by atoms with Gasteiger partial charge in [-0.2, -0.15) is 0 Å². The number of nitrogens with zero attached hydrogens (tertiary/aromatic N) is 1. The van der Waals surface area contributed by atoms with E-state index in [0.29, 0.717) is 5.56 Å². The zero-order chi connectivity index (χ0) is 14.3. The first-order valence-corrected chi connectivity index (χ1v) is 6.60. The van der Waals surface area contributed by atoms with Crippen LogP contribution < -0.4 is 4.90 Å². The molecule has 0 saturated carbocycles. The maximum absolute atomic E-state index is 13.9.